The van der Waals surface area contributed by atoms with Crippen molar-refractivity contribution < 1.29 is 14.0 Å². The Hall–Kier alpha value is -1.95. The molecule has 0 radical (unpaired) electrons. The van der Waals surface area contributed by atoms with Crippen LogP contribution in [0.25, 0.3) is 0 Å². The van der Waals surface area contributed by atoms with Crippen LogP contribution in [0.5, 0.6) is 0 Å². The SMILES string of the molecule is O=C(NC1CCN(C(=O)[C@@]23CCCC[C@H]2CNC3)CC1)c1ccc(F)cc1. The Morgan fingerprint density at radius 3 is 2.59 bits per heavy atom. The quantitative estimate of drug-likeness (QED) is 0.855. The van der Waals surface area contributed by atoms with Crippen molar-refractivity contribution in [3.63, 3.8) is 0 Å². The number of halogens is 1. The van der Waals surface area contributed by atoms with E-state index in [-0.39, 0.29) is 23.2 Å². The first-order valence-electron chi connectivity index (χ1n) is 10.1. The average molecular weight is 373 g/mol. The molecule has 6 heteroatoms. The molecule has 4 rings (SSSR count). The topological polar surface area (TPSA) is 61.4 Å². The van der Waals surface area contributed by atoms with Crippen molar-refractivity contribution in [1.82, 2.24) is 15.5 Å². The third-order valence-electron chi connectivity index (χ3n) is 6.69. The van der Waals surface area contributed by atoms with Crippen molar-refractivity contribution in [2.45, 2.75) is 44.6 Å². The van der Waals surface area contributed by atoms with Crippen LogP contribution in [0.1, 0.15) is 48.9 Å². The summed E-state index contributed by atoms with van der Waals surface area (Å²) in [4.78, 5) is 27.6. The molecular weight excluding hydrogens is 345 g/mol. The smallest absolute Gasteiger partial charge is 0.251 e. The van der Waals surface area contributed by atoms with E-state index in [1.807, 2.05) is 4.90 Å². The van der Waals surface area contributed by atoms with Gasteiger partial charge in [0.05, 0.1) is 5.41 Å². The second kappa shape index (κ2) is 7.58. The second-order valence-corrected chi connectivity index (χ2v) is 8.28. The summed E-state index contributed by atoms with van der Waals surface area (Å²) in [5.74, 6) is 0.279. The van der Waals surface area contributed by atoms with E-state index in [0.717, 1.165) is 45.2 Å². The van der Waals surface area contributed by atoms with Crippen LogP contribution in [0.4, 0.5) is 4.39 Å². The maximum absolute atomic E-state index is 13.3. The van der Waals surface area contributed by atoms with Crippen LogP contribution in [0.3, 0.4) is 0 Å². The second-order valence-electron chi connectivity index (χ2n) is 8.28. The van der Waals surface area contributed by atoms with E-state index < -0.39 is 0 Å². The van der Waals surface area contributed by atoms with Crippen LogP contribution < -0.4 is 10.6 Å². The van der Waals surface area contributed by atoms with Gasteiger partial charge < -0.3 is 15.5 Å². The molecule has 27 heavy (non-hydrogen) atoms. The molecule has 1 aliphatic carbocycles. The minimum absolute atomic E-state index is 0.0629. The number of rotatable bonds is 3. The Kier molecular flexibility index (Phi) is 5.17. The van der Waals surface area contributed by atoms with Gasteiger partial charge in [0, 0.05) is 31.2 Å². The number of hydrogen-bond acceptors (Lipinski definition) is 3. The van der Waals surface area contributed by atoms with Gasteiger partial charge in [0.1, 0.15) is 5.82 Å². The van der Waals surface area contributed by atoms with Crippen molar-refractivity contribution in [2.75, 3.05) is 26.2 Å². The summed E-state index contributed by atoms with van der Waals surface area (Å²) in [6.07, 6.45) is 6.08. The fraction of sp³-hybridized carbons (Fsp3) is 0.619. The highest BCUT2D eigenvalue weighted by molar-refractivity contribution is 5.94. The molecule has 2 aliphatic heterocycles. The molecule has 146 valence electrons. The van der Waals surface area contributed by atoms with Gasteiger partial charge in [0.15, 0.2) is 0 Å². The molecule has 2 amide bonds. The van der Waals surface area contributed by atoms with E-state index in [0.29, 0.717) is 30.5 Å². The Morgan fingerprint density at radius 2 is 1.85 bits per heavy atom. The predicted molar refractivity (Wildman–Crippen MR) is 101 cm³/mol. The van der Waals surface area contributed by atoms with Crippen molar-refractivity contribution in [3.8, 4) is 0 Å². The number of amides is 2. The first-order chi connectivity index (χ1) is 13.1. The molecule has 1 aromatic rings. The summed E-state index contributed by atoms with van der Waals surface area (Å²) in [5, 5.41) is 6.48. The van der Waals surface area contributed by atoms with Crippen LogP contribution in [0, 0.1) is 17.2 Å². The molecule has 3 fully saturated rings. The zero-order valence-electron chi connectivity index (χ0n) is 15.7. The van der Waals surface area contributed by atoms with E-state index in [2.05, 4.69) is 10.6 Å². The van der Waals surface area contributed by atoms with E-state index in [1.165, 1.54) is 30.7 Å². The number of piperidine rings is 1. The minimum atomic E-state index is -0.347. The molecule has 2 N–H and O–H groups in total. The third-order valence-corrected chi connectivity index (χ3v) is 6.69. The monoisotopic (exact) mass is 373 g/mol. The molecular formula is C21H28FN3O2. The molecule has 2 heterocycles. The van der Waals surface area contributed by atoms with Gasteiger partial charge in [0.25, 0.3) is 5.91 Å². The summed E-state index contributed by atoms with van der Waals surface area (Å²) in [6.45, 7) is 3.18. The summed E-state index contributed by atoms with van der Waals surface area (Å²) >= 11 is 0. The molecule has 0 aromatic heterocycles. The largest absolute Gasteiger partial charge is 0.349 e. The predicted octanol–water partition coefficient (Wildman–Crippen LogP) is 2.33. The lowest BCUT2D eigenvalue weighted by atomic mass is 9.67. The normalized spacial score (nSPS) is 28.6. The molecule has 2 saturated heterocycles. The fourth-order valence-electron chi connectivity index (χ4n) is 5.08. The number of hydrogen-bond donors (Lipinski definition) is 2. The number of nitrogens with zero attached hydrogens (tertiary/aromatic N) is 1. The van der Waals surface area contributed by atoms with Gasteiger partial charge in [-0.15, -0.1) is 0 Å². The summed E-state index contributed by atoms with van der Waals surface area (Å²) < 4.78 is 13.0. The standard InChI is InChI=1S/C21H28FN3O2/c22-17-6-4-15(5-7-17)19(26)24-18-8-11-25(12-9-18)20(27)21-10-2-1-3-16(21)13-23-14-21/h4-7,16,18,23H,1-3,8-14H2,(H,24,26)/t16-,21+/m0/s1. The Bertz CT molecular complexity index is 700. The highest BCUT2D eigenvalue weighted by Crippen LogP contribution is 2.45. The molecule has 0 unspecified atom stereocenters. The van der Waals surface area contributed by atoms with Gasteiger partial charge in [-0.2, -0.15) is 0 Å². The average Bonchev–Trinajstić information content (AvgIpc) is 3.14. The lowest BCUT2D eigenvalue weighted by Crippen LogP contribution is -2.54. The zero-order valence-corrected chi connectivity index (χ0v) is 15.7. The lowest BCUT2D eigenvalue weighted by molar-refractivity contribution is -0.146. The van der Waals surface area contributed by atoms with E-state index >= 15 is 0 Å². The molecule has 3 aliphatic rings. The molecule has 0 bridgehead atoms. The van der Waals surface area contributed by atoms with Crippen molar-refractivity contribution in [3.05, 3.63) is 35.6 Å². The lowest BCUT2D eigenvalue weighted by Gasteiger charge is -2.43. The Balaban J connectivity index is 1.33. The van der Waals surface area contributed by atoms with E-state index in [4.69, 9.17) is 0 Å². The number of nitrogens with one attached hydrogen (secondary N) is 2. The maximum Gasteiger partial charge on any atom is 0.251 e. The number of carbonyl (C=O) groups is 2. The highest BCUT2D eigenvalue weighted by Gasteiger charge is 2.51. The van der Waals surface area contributed by atoms with Gasteiger partial charge in [-0.3, -0.25) is 9.59 Å². The first kappa shape index (κ1) is 18.4. The molecule has 1 saturated carbocycles. The molecule has 1 aromatic carbocycles. The van der Waals surface area contributed by atoms with E-state index in [9.17, 15) is 14.0 Å². The zero-order chi connectivity index (χ0) is 18.9. The van der Waals surface area contributed by atoms with Crippen molar-refractivity contribution >= 4 is 11.8 Å². The molecule has 0 spiro atoms. The summed E-state index contributed by atoms with van der Waals surface area (Å²) in [5.41, 5.74) is 0.276. The van der Waals surface area contributed by atoms with Crippen LogP contribution >= 0.6 is 0 Å². The van der Waals surface area contributed by atoms with Gasteiger partial charge >= 0.3 is 0 Å². The Morgan fingerprint density at radius 1 is 1.11 bits per heavy atom. The van der Waals surface area contributed by atoms with Crippen LogP contribution in [-0.2, 0) is 4.79 Å². The number of likely N-dealkylation sites (tertiary alicyclic amines) is 1. The fourth-order valence-corrected chi connectivity index (χ4v) is 5.08. The minimum Gasteiger partial charge on any atom is -0.349 e. The van der Waals surface area contributed by atoms with Gasteiger partial charge in [-0.1, -0.05) is 12.8 Å². The molecule has 2 atom stereocenters. The van der Waals surface area contributed by atoms with Crippen LogP contribution in [0.2, 0.25) is 0 Å². The van der Waals surface area contributed by atoms with Gasteiger partial charge in [0.2, 0.25) is 5.91 Å². The third kappa shape index (κ3) is 3.59. The van der Waals surface area contributed by atoms with E-state index in [1.54, 1.807) is 0 Å². The van der Waals surface area contributed by atoms with Crippen LogP contribution in [0.15, 0.2) is 24.3 Å². The first-order valence-corrected chi connectivity index (χ1v) is 10.1. The van der Waals surface area contributed by atoms with Crippen molar-refractivity contribution in [1.29, 1.82) is 0 Å². The summed E-state index contributed by atoms with van der Waals surface area (Å²) in [7, 11) is 0. The number of benzene rings is 1. The van der Waals surface area contributed by atoms with Crippen molar-refractivity contribution in [2.24, 2.45) is 11.3 Å². The van der Waals surface area contributed by atoms with Gasteiger partial charge in [-0.05, 0) is 62.4 Å². The number of carbonyl (C=O) groups excluding carboxylic acids is 2. The number of fused-ring (bicyclic) bond motifs is 1. The Labute approximate surface area is 159 Å². The highest BCUT2D eigenvalue weighted by atomic mass is 19.1. The maximum atomic E-state index is 13.3. The van der Waals surface area contributed by atoms with Gasteiger partial charge in [-0.25, -0.2) is 4.39 Å². The molecule has 5 nitrogen and oxygen atoms in total. The summed E-state index contributed by atoms with van der Waals surface area (Å²) in [6, 6.07) is 5.66. The van der Waals surface area contributed by atoms with Crippen LogP contribution in [-0.4, -0.2) is 48.9 Å².